The van der Waals surface area contributed by atoms with Crippen LogP contribution >= 0.6 is 0 Å². The molecule has 1 aromatic heterocycles. The quantitative estimate of drug-likeness (QED) is 0.585. The molecule has 1 rings (SSSR count). The van der Waals surface area contributed by atoms with Crippen LogP contribution in [0.5, 0.6) is 0 Å². The molecule has 0 fully saturated rings. The highest BCUT2D eigenvalue weighted by Crippen LogP contribution is 2.03. The van der Waals surface area contributed by atoms with E-state index in [1.54, 1.807) is 25.4 Å². The molecule has 0 atom stereocenters. The van der Waals surface area contributed by atoms with E-state index < -0.39 is 5.97 Å². The second-order valence-electron chi connectivity index (χ2n) is 2.84. The molecule has 0 radical (unpaired) electrons. The summed E-state index contributed by atoms with van der Waals surface area (Å²) in [4.78, 5) is 14.2. The molecule has 3 heteroatoms. The number of carboxylic acid groups (broad SMARTS) is 1. The summed E-state index contributed by atoms with van der Waals surface area (Å²) in [5, 5.41) is 8.46. The first kappa shape index (κ1) is 10.2. The number of hydrogen-bond donors (Lipinski definition) is 1. The van der Waals surface area contributed by atoms with Crippen LogP contribution in [0.4, 0.5) is 0 Å². The first-order chi connectivity index (χ1) is 6.68. The van der Waals surface area contributed by atoms with Crippen molar-refractivity contribution < 1.29 is 9.90 Å². The number of rotatable bonds is 3. The van der Waals surface area contributed by atoms with Crippen LogP contribution in [0.2, 0.25) is 0 Å². The van der Waals surface area contributed by atoms with Crippen LogP contribution in [0.15, 0.2) is 42.3 Å². The van der Waals surface area contributed by atoms with E-state index in [0.717, 1.165) is 11.6 Å². The minimum absolute atomic E-state index is 0.703. The Morgan fingerprint density at radius 2 is 2.07 bits per heavy atom. The Morgan fingerprint density at radius 3 is 2.64 bits per heavy atom. The maximum absolute atomic E-state index is 10.3. The predicted molar refractivity (Wildman–Crippen MR) is 54.7 cm³/mol. The summed E-state index contributed by atoms with van der Waals surface area (Å²) in [5.41, 5.74) is 1.70. The average Bonchev–Trinajstić information content (AvgIpc) is 2.15. The number of aromatic nitrogens is 1. The molecule has 0 aromatic carbocycles. The van der Waals surface area contributed by atoms with E-state index in [1.165, 1.54) is 0 Å². The fraction of sp³-hybridized carbons (Fsp3) is 0.0909. The van der Waals surface area contributed by atoms with Gasteiger partial charge < -0.3 is 5.11 Å². The van der Waals surface area contributed by atoms with Crippen molar-refractivity contribution in [1.82, 2.24) is 4.98 Å². The molecule has 0 saturated heterocycles. The highest BCUT2D eigenvalue weighted by Gasteiger charge is 1.89. The van der Waals surface area contributed by atoms with E-state index in [-0.39, 0.29) is 0 Å². The van der Waals surface area contributed by atoms with Crippen LogP contribution < -0.4 is 0 Å². The Kier molecular flexibility index (Phi) is 3.61. The summed E-state index contributed by atoms with van der Waals surface area (Å²) in [6, 6.07) is 3.70. The molecule has 72 valence electrons. The summed E-state index contributed by atoms with van der Waals surface area (Å²) >= 11 is 0. The van der Waals surface area contributed by atoms with Crippen LogP contribution in [0.3, 0.4) is 0 Å². The lowest BCUT2D eigenvalue weighted by atomic mass is 10.2. The lowest BCUT2D eigenvalue weighted by Gasteiger charge is -1.91. The molecule has 1 aromatic rings. The minimum atomic E-state index is -0.929. The zero-order chi connectivity index (χ0) is 10.4. The van der Waals surface area contributed by atoms with E-state index in [1.807, 2.05) is 18.2 Å². The van der Waals surface area contributed by atoms with Crippen molar-refractivity contribution >= 4 is 12.0 Å². The Hall–Kier alpha value is -1.90. The van der Waals surface area contributed by atoms with Gasteiger partial charge in [-0.05, 0) is 30.2 Å². The Morgan fingerprint density at radius 1 is 1.43 bits per heavy atom. The van der Waals surface area contributed by atoms with Gasteiger partial charge >= 0.3 is 5.97 Å². The standard InChI is InChI=1S/C11H11NO2/c1-9(8-11(13)14)2-3-10-4-6-12-7-5-10/h2-8H,1H3,(H,13,14)/b3-2-,9-8+. The van der Waals surface area contributed by atoms with Crippen LogP contribution in [0.25, 0.3) is 6.08 Å². The smallest absolute Gasteiger partial charge is 0.328 e. The van der Waals surface area contributed by atoms with Crippen molar-refractivity contribution in [1.29, 1.82) is 0 Å². The lowest BCUT2D eigenvalue weighted by Crippen LogP contribution is -1.87. The van der Waals surface area contributed by atoms with Gasteiger partial charge in [0.2, 0.25) is 0 Å². The van der Waals surface area contributed by atoms with Gasteiger partial charge in [-0.2, -0.15) is 0 Å². The molecular formula is C11H11NO2. The monoisotopic (exact) mass is 189 g/mol. The number of nitrogens with zero attached hydrogens (tertiary/aromatic N) is 1. The molecule has 0 saturated carbocycles. The van der Waals surface area contributed by atoms with Gasteiger partial charge in [-0.15, -0.1) is 0 Å². The van der Waals surface area contributed by atoms with Crippen molar-refractivity contribution in [2.24, 2.45) is 0 Å². The maximum atomic E-state index is 10.3. The Bertz CT molecular complexity index is 366. The molecule has 14 heavy (non-hydrogen) atoms. The molecule has 1 heterocycles. The minimum Gasteiger partial charge on any atom is -0.478 e. The van der Waals surface area contributed by atoms with Gasteiger partial charge in [0, 0.05) is 18.5 Å². The van der Waals surface area contributed by atoms with Crippen molar-refractivity contribution in [3.05, 3.63) is 47.8 Å². The van der Waals surface area contributed by atoms with Crippen LogP contribution in [0.1, 0.15) is 12.5 Å². The van der Waals surface area contributed by atoms with E-state index in [4.69, 9.17) is 5.11 Å². The third-order valence-electron chi connectivity index (χ3n) is 1.60. The molecule has 0 spiro atoms. The average molecular weight is 189 g/mol. The van der Waals surface area contributed by atoms with Crippen molar-refractivity contribution in [2.45, 2.75) is 6.92 Å². The van der Waals surface area contributed by atoms with Gasteiger partial charge in [0.1, 0.15) is 0 Å². The number of carbonyl (C=O) groups is 1. The number of allylic oxidation sites excluding steroid dienone is 2. The molecule has 0 aliphatic carbocycles. The molecule has 3 nitrogen and oxygen atoms in total. The Balaban J connectivity index is 2.70. The highest BCUT2D eigenvalue weighted by molar-refractivity contribution is 5.81. The third kappa shape index (κ3) is 3.67. The number of pyridine rings is 1. The molecule has 0 amide bonds. The van der Waals surface area contributed by atoms with Crippen molar-refractivity contribution in [2.75, 3.05) is 0 Å². The predicted octanol–water partition coefficient (Wildman–Crippen LogP) is 2.13. The second kappa shape index (κ2) is 4.97. The van der Waals surface area contributed by atoms with E-state index in [2.05, 4.69) is 4.98 Å². The van der Waals surface area contributed by atoms with Gasteiger partial charge in [0.25, 0.3) is 0 Å². The maximum Gasteiger partial charge on any atom is 0.328 e. The van der Waals surface area contributed by atoms with Gasteiger partial charge in [-0.25, -0.2) is 4.79 Å². The van der Waals surface area contributed by atoms with Crippen LogP contribution in [0, 0.1) is 0 Å². The topological polar surface area (TPSA) is 50.2 Å². The van der Waals surface area contributed by atoms with Crippen LogP contribution in [-0.4, -0.2) is 16.1 Å². The zero-order valence-electron chi connectivity index (χ0n) is 7.84. The summed E-state index contributed by atoms with van der Waals surface area (Å²) in [5.74, 6) is -0.929. The summed E-state index contributed by atoms with van der Waals surface area (Å²) in [6.07, 6.45) is 8.14. The highest BCUT2D eigenvalue weighted by atomic mass is 16.4. The zero-order valence-corrected chi connectivity index (χ0v) is 7.84. The van der Waals surface area contributed by atoms with Crippen molar-refractivity contribution in [3.8, 4) is 0 Å². The molecule has 0 aliphatic heterocycles. The van der Waals surface area contributed by atoms with Gasteiger partial charge in [-0.1, -0.05) is 12.2 Å². The number of aliphatic carboxylic acids is 1. The molecular weight excluding hydrogens is 178 g/mol. The molecule has 1 N–H and O–H groups in total. The van der Waals surface area contributed by atoms with E-state index >= 15 is 0 Å². The summed E-state index contributed by atoms with van der Waals surface area (Å²) < 4.78 is 0. The fourth-order valence-corrected chi connectivity index (χ4v) is 0.945. The van der Waals surface area contributed by atoms with Crippen LogP contribution in [-0.2, 0) is 4.79 Å². The third-order valence-corrected chi connectivity index (χ3v) is 1.60. The largest absolute Gasteiger partial charge is 0.478 e. The van der Waals surface area contributed by atoms with E-state index in [0.29, 0.717) is 5.57 Å². The van der Waals surface area contributed by atoms with Gasteiger partial charge in [0.05, 0.1) is 0 Å². The summed E-state index contributed by atoms with van der Waals surface area (Å²) in [6.45, 7) is 1.74. The van der Waals surface area contributed by atoms with Crippen molar-refractivity contribution in [3.63, 3.8) is 0 Å². The lowest BCUT2D eigenvalue weighted by molar-refractivity contribution is -0.131. The SMILES string of the molecule is CC(/C=C\c1ccncc1)=C\C(=O)O. The molecule has 0 aliphatic rings. The fourth-order valence-electron chi connectivity index (χ4n) is 0.945. The second-order valence-corrected chi connectivity index (χ2v) is 2.84. The van der Waals surface area contributed by atoms with Gasteiger partial charge in [-0.3, -0.25) is 4.98 Å². The first-order valence-corrected chi connectivity index (χ1v) is 4.18. The Labute approximate surface area is 82.4 Å². The molecule has 0 unspecified atom stereocenters. The summed E-state index contributed by atoms with van der Waals surface area (Å²) in [7, 11) is 0. The normalized spacial score (nSPS) is 11.9. The molecule has 0 bridgehead atoms. The number of carboxylic acids is 1. The first-order valence-electron chi connectivity index (χ1n) is 4.18. The van der Waals surface area contributed by atoms with Gasteiger partial charge in [0.15, 0.2) is 0 Å². The number of hydrogen-bond acceptors (Lipinski definition) is 2. The van der Waals surface area contributed by atoms with E-state index in [9.17, 15) is 4.79 Å².